The summed E-state index contributed by atoms with van der Waals surface area (Å²) in [6, 6.07) is 13.7. The number of aryl methyl sites for hydroxylation is 1. The monoisotopic (exact) mass is 284 g/mol. The zero-order valence-electron chi connectivity index (χ0n) is 11.6. The van der Waals surface area contributed by atoms with Crippen LogP contribution in [0.25, 0.3) is 0 Å². The molecule has 2 atom stereocenters. The molecule has 3 rings (SSSR count). The SMILES string of the molecule is NC(=O)[C@H](N[C@@H]1CCc2cc(F)ccc21)c1ccccc1. The van der Waals surface area contributed by atoms with Crippen LogP contribution in [0.2, 0.25) is 0 Å². The topological polar surface area (TPSA) is 55.1 Å². The molecule has 2 aromatic carbocycles. The Morgan fingerprint density at radius 1 is 1.24 bits per heavy atom. The van der Waals surface area contributed by atoms with Crippen LogP contribution in [-0.4, -0.2) is 5.91 Å². The number of carbonyl (C=O) groups excluding carboxylic acids is 1. The van der Waals surface area contributed by atoms with Gasteiger partial charge in [-0.1, -0.05) is 36.4 Å². The lowest BCUT2D eigenvalue weighted by Gasteiger charge is -2.21. The van der Waals surface area contributed by atoms with E-state index in [0.29, 0.717) is 0 Å². The number of fused-ring (bicyclic) bond motifs is 1. The Kier molecular flexibility index (Phi) is 3.71. The van der Waals surface area contributed by atoms with Crippen LogP contribution < -0.4 is 11.1 Å². The molecule has 0 unspecified atom stereocenters. The maximum absolute atomic E-state index is 13.3. The zero-order chi connectivity index (χ0) is 14.8. The van der Waals surface area contributed by atoms with Crippen LogP contribution in [0.3, 0.4) is 0 Å². The summed E-state index contributed by atoms with van der Waals surface area (Å²) in [4.78, 5) is 11.8. The van der Waals surface area contributed by atoms with Crippen LogP contribution in [0.1, 0.15) is 35.2 Å². The molecule has 0 fully saturated rings. The summed E-state index contributed by atoms with van der Waals surface area (Å²) in [6.45, 7) is 0. The lowest BCUT2D eigenvalue weighted by atomic mass is 10.0. The van der Waals surface area contributed by atoms with Crippen LogP contribution in [-0.2, 0) is 11.2 Å². The third kappa shape index (κ3) is 2.81. The van der Waals surface area contributed by atoms with Gasteiger partial charge in [-0.25, -0.2) is 4.39 Å². The molecule has 1 aliphatic rings. The Balaban J connectivity index is 1.85. The van der Waals surface area contributed by atoms with E-state index in [1.807, 2.05) is 30.3 Å². The summed E-state index contributed by atoms with van der Waals surface area (Å²) in [5.74, 6) is -0.624. The van der Waals surface area contributed by atoms with E-state index in [0.717, 1.165) is 29.5 Å². The first-order valence-corrected chi connectivity index (χ1v) is 7.04. The molecule has 0 radical (unpaired) electrons. The van der Waals surface area contributed by atoms with Gasteiger partial charge in [-0.15, -0.1) is 0 Å². The fourth-order valence-electron chi connectivity index (χ4n) is 2.95. The summed E-state index contributed by atoms with van der Waals surface area (Å²) >= 11 is 0. The lowest BCUT2D eigenvalue weighted by Crippen LogP contribution is -2.35. The molecular weight excluding hydrogens is 267 g/mol. The highest BCUT2D eigenvalue weighted by Crippen LogP contribution is 2.33. The molecule has 0 saturated heterocycles. The van der Waals surface area contributed by atoms with Crippen molar-refractivity contribution in [1.29, 1.82) is 0 Å². The number of halogens is 1. The third-order valence-electron chi connectivity index (χ3n) is 3.97. The first-order valence-electron chi connectivity index (χ1n) is 7.04. The van der Waals surface area contributed by atoms with Gasteiger partial charge in [-0.05, 0) is 41.7 Å². The molecule has 0 aromatic heterocycles. The summed E-state index contributed by atoms with van der Waals surface area (Å²) in [7, 11) is 0. The molecule has 4 heteroatoms. The van der Waals surface area contributed by atoms with Gasteiger partial charge in [0.2, 0.25) is 5.91 Å². The number of benzene rings is 2. The van der Waals surface area contributed by atoms with Crippen LogP contribution in [0.5, 0.6) is 0 Å². The number of hydrogen-bond acceptors (Lipinski definition) is 2. The molecule has 21 heavy (non-hydrogen) atoms. The fourth-order valence-corrected chi connectivity index (χ4v) is 2.95. The summed E-state index contributed by atoms with van der Waals surface area (Å²) in [5, 5.41) is 3.31. The van der Waals surface area contributed by atoms with E-state index in [4.69, 9.17) is 5.73 Å². The molecule has 0 saturated carbocycles. The van der Waals surface area contributed by atoms with Gasteiger partial charge in [0, 0.05) is 6.04 Å². The van der Waals surface area contributed by atoms with Gasteiger partial charge in [-0.2, -0.15) is 0 Å². The minimum absolute atomic E-state index is 0.0262. The Hall–Kier alpha value is -2.20. The van der Waals surface area contributed by atoms with Crippen molar-refractivity contribution in [3.8, 4) is 0 Å². The smallest absolute Gasteiger partial charge is 0.239 e. The number of amides is 1. The quantitative estimate of drug-likeness (QED) is 0.907. The predicted molar refractivity (Wildman–Crippen MR) is 79.0 cm³/mol. The van der Waals surface area contributed by atoms with Gasteiger partial charge < -0.3 is 5.73 Å². The largest absolute Gasteiger partial charge is 0.368 e. The minimum atomic E-state index is -0.535. The van der Waals surface area contributed by atoms with Crippen molar-refractivity contribution in [1.82, 2.24) is 5.32 Å². The highest BCUT2D eigenvalue weighted by atomic mass is 19.1. The van der Waals surface area contributed by atoms with Crippen molar-refractivity contribution >= 4 is 5.91 Å². The first kappa shape index (κ1) is 13.8. The van der Waals surface area contributed by atoms with Gasteiger partial charge >= 0.3 is 0 Å². The molecule has 1 aliphatic carbocycles. The number of carbonyl (C=O) groups is 1. The lowest BCUT2D eigenvalue weighted by molar-refractivity contribution is -0.120. The Labute approximate surface area is 123 Å². The van der Waals surface area contributed by atoms with Crippen LogP contribution in [0, 0.1) is 5.82 Å². The second-order valence-electron chi connectivity index (χ2n) is 5.35. The molecular formula is C17H17FN2O. The van der Waals surface area contributed by atoms with Gasteiger partial charge in [0.05, 0.1) is 0 Å². The fraction of sp³-hybridized carbons (Fsp3) is 0.235. The van der Waals surface area contributed by atoms with E-state index < -0.39 is 11.9 Å². The van der Waals surface area contributed by atoms with Crippen LogP contribution in [0.4, 0.5) is 4.39 Å². The molecule has 108 valence electrons. The van der Waals surface area contributed by atoms with E-state index >= 15 is 0 Å². The van der Waals surface area contributed by atoms with Gasteiger partial charge in [-0.3, -0.25) is 10.1 Å². The number of primary amides is 1. The molecule has 3 nitrogen and oxygen atoms in total. The average molecular weight is 284 g/mol. The number of nitrogens with two attached hydrogens (primary N) is 1. The zero-order valence-corrected chi connectivity index (χ0v) is 11.6. The summed E-state index contributed by atoms with van der Waals surface area (Å²) in [6.07, 6.45) is 1.65. The molecule has 0 aliphatic heterocycles. The maximum atomic E-state index is 13.3. The second kappa shape index (κ2) is 5.66. The molecule has 3 N–H and O–H groups in total. The number of hydrogen-bond donors (Lipinski definition) is 2. The molecule has 0 bridgehead atoms. The average Bonchev–Trinajstić information content (AvgIpc) is 2.87. The van der Waals surface area contributed by atoms with E-state index in [9.17, 15) is 9.18 Å². The molecule has 2 aromatic rings. The van der Waals surface area contributed by atoms with Crippen molar-refractivity contribution in [2.24, 2.45) is 5.73 Å². The summed E-state index contributed by atoms with van der Waals surface area (Å²) < 4.78 is 13.3. The maximum Gasteiger partial charge on any atom is 0.239 e. The predicted octanol–water partition coefficient (Wildman–Crippen LogP) is 2.63. The third-order valence-corrected chi connectivity index (χ3v) is 3.97. The van der Waals surface area contributed by atoms with Gasteiger partial charge in [0.15, 0.2) is 0 Å². The first-order chi connectivity index (χ1) is 10.1. The van der Waals surface area contributed by atoms with Gasteiger partial charge in [0.1, 0.15) is 11.9 Å². The van der Waals surface area contributed by atoms with E-state index in [1.54, 1.807) is 12.1 Å². The van der Waals surface area contributed by atoms with E-state index in [-0.39, 0.29) is 11.9 Å². The summed E-state index contributed by atoms with van der Waals surface area (Å²) in [5.41, 5.74) is 8.43. The van der Waals surface area contributed by atoms with E-state index in [1.165, 1.54) is 6.07 Å². The minimum Gasteiger partial charge on any atom is -0.368 e. The molecule has 1 amide bonds. The normalized spacial score (nSPS) is 18.2. The number of rotatable bonds is 4. The molecule has 0 heterocycles. The van der Waals surface area contributed by atoms with Crippen molar-refractivity contribution in [2.75, 3.05) is 0 Å². The highest BCUT2D eigenvalue weighted by Gasteiger charge is 2.27. The Morgan fingerprint density at radius 3 is 2.71 bits per heavy atom. The Bertz CT molecular complexity index is 657. The van der Waals surface area contributed by atoms with Crippen molar-refractivity contribution < 1.29 is 9.18 Å². The van der Waals surface area contributed by atoms with Crippen LogP contribution in [0.15, 0.2) is 48.5 Å². The number of nitrogens with one attached hydrogen (secondary N) is 1. The standard InChI is InChI=1S/C17H17FN2O/c18-13-7-8-14-12(10-13)6-9-15(14)20-16(17(19)21)11-4-2-1-3-5-11/h1-5,7-8,10,15-16,20H,6,9H2,(H2,19,21)/t15-,16-/m1/s1. The molecule has 0 spiro atoms. The van der Waals surface area contributed by atoms with Gasteiger partial charge in [0.25, 0.3) is 0 Å². The van der Waals surface area contributed by atoms with Crippen molar-refractivity contribution in [2.45, 2.75) is 24.9 Å². The second-order valence-corrected chi connectivity index (χ2v) is 5.35. The highest BCUT2D eigenvalue weighted by molar-refractivity contribution is 5.81. The van der Waals surface area contributed by atoms with Crippen molar-refractivity contribution in [3.05, 3.63) is 71.0 Å². The van der Waals surface area contributed by atoms with E-state index in [2.05, 4.69) is 5.32 Å². The van der Waals surface area contributed by atoms with Crippen LogP contribution >= 0.6 is 0 Å². The Morgan fingerprint density at radius 2 is 2.00 bits per heavy atom. The van der Waals surface area contributed by atoms with Crippen molar-refractivity contribution in [3.63, 3.8) is 0 Å².